The van der Waals surface area contributed by atoms with Crippen molar-refractivity contribution in [2.75, 3.05) is 21.2 Å². The minimum Gasteiger partial charge on any atom is -0.656 e. The van der Waals surface area contributed by atoms with E-state index in [1.165, 1.54) is 45.4 Å². The second kappa shape index (κ2) is 66.2. The molecule has 3 rings (SSSR count). The van der Waals surface area contributed by atoms with Crippen molar-refractivity contribution in [1.82, 2.24) is 5.16 Å². The zero-order chi connectivity index (χ0) is 39.8. The minimum atomic E-state index is -0.986. The number of aliphatic carboxylic acids is 1. The molecule has 1 aromatic rings. The first kappa shape index (κ1) is 83.1. The monoisotopic (exact) mass is 1430 g/mol. The van der Waals surface area contributed by atoms with Gasteiger partial charge in [0.05, 0.1) is 37.5 Å². The van der Waals surface area contributed by atoms with Crippen LogP contribution in [0.25, 0.3) is 10.6 Å². The topological polar surface area (TPSA) is 152 Å². The van der Waals surface area contributed by atoms with Crippen LogP contribution in [-0.4, -0.2) is 55.2 Å². The van der Waals surface area contributed by atoms with Gasteiger partial charge in [0.15, 0.2) is 0 Å². The van der Waals surface area contributed by atoms with Gasteiger partial charge in [-0.3, -0.25) is 9.59 Å². The van der Waals surface area contributed by atoms with Crippen LogP contribution < -0.4 is 0 Å². The molecule has 1 aromatic heterocycles. The van der Waals surface area contributed by atoms with Crippen LogP contribution in [0.15, 0.2) is 4.52 Å². The smallest absolute Gasteiger partial charge is 0.306 e. The summed E-state index contributed by atoms with van der Waals surface area (Å²) in [5.74, 6) is 1.95. The van der Waals surface area contributed by atoms with E-state index in [9.17, 15) is 19.2 Å². The number of amides is 2. The Morgan fingerprint density at radius 3 is 1.59 bits per heavy atom. The zero-order valence-electron chi connectivity index (χ0n) is 36.7. The van der Waals surface area contributed by atoms with Gasteiger partial charge in [-0.05, 0) is 69.1 Å². The minimum absolute atomic E-state index is 0. The van der Waals surface area contributed by atoms with Gasteiger partial charge in [0.2, 0.25) is 0 Å². The number of methoxy groups -OCH3 is 1. The molecule has 15 heteroatoms. The number of carboxylic acid groups (broad SMARTS) is 1. The number of ether oxygens (including phenoxy) is 1. The van der Waals surface area contributed by atoms with E-state index in [0.717, 1.165) is 48.5 Å². The summed E-state index contributed by atoms with van der Waals surface area (Å²) < 4.78 is 9.46. The molecule has 0 saturated heterocycles. The third-order valence-electron chi connectivity index (χ3n) is 7.24. The predicted octanol–water partition coefficient (Wildman–Crippen LogP) is 10.8. The molecule has 2 radical (unpaired) electrons. The average molecular weight is 1430 g/mol. The quantitative estimate of drug-likeness (QED) is 0.190. The second-order valence-electron chi connectivity index (χ2n) is 9.66. The average Bonchev–Trinajstić information content (AvgIpc) is 3.75. The van der Waals surface area contributed by atoms with Crippen molar-refractivity contribution in [3.8, 4) is 0 Å². The Kier molecular flexibility index (Phi) is 102. The summed E-state index contributed by atoms with van der Waals surface area (Å²) >= 11 is 0. The van der Waals surface area contributed by atoms with Gasteiger partial charge in [-0.1, -0.05) is 80.8 Å². The number of hydrogen-bond acceptors (Lipinski definition) is 7. The molecule has 3 atom stereocenters. The number of hydrogen-bond donors (Lipinski definition) is 1. The van der Waals surface area contributed by atoms with Crippen molar-refractivity contribution in [1.29, 1.82) is 0 Å². The Morgan fingerprint density at radius 1 is 0.759 bits per heavy atom. The maximum atomic E-state index is 11.1. The van der Waals surface area contributed by atoms with E-state index in [4.69, 9.17) is 9.63 Å². The molecule has 0 aliphatic heterocycles. The maximum absolute atomic E-state index is 11.1. The molecule has 0 unspecified atom stereocenters. The standard InChI is InChI=1S/C11H16N2O2.C11H21NO.C5H8O4.4C2H6.2C2H5.3W.2Y/c1-12-11(14)7-6-9-8-4-2-3-5-10(8)15-13-9;1-8-4-5-10(9(8)2)6-7-11(13)12-3;1-9-5(8)3-2-4(6)7;6*1-2;;;;;/h2-7H2,1H3,(H,12,14);8-10H,4-7H2,1-3H3,(H,12,13);2-3H2,1H3,(H,6,7);4*1-2H3;2*1H2,2H3;;;;;/q;;;;;;;2*-1;;;;;/p-2/t;8-,9-,10-;;;;;;;;;;;;/m.1............/s1. The molecule has 0 aromatic carbocycles. The van der Waals surface area contributed by atoms with Crippen LogP contribution in [0.4, 0.5) is 0 Å². The van der Waals surface area contributed by atoms with Crippen LogP contribution in [0.1, 0.15) is 158 Å². The number of esters is 1. The van der Waals surface area contributed by atoms with Gasteiger partial charge in [-0.2, -0.15) is 13.8 Å². The zero-order valence-corrected chi connectivity index (χ0v) is 51.2. The third kappa shape index (κ3) is 47.7. The van der Waals surface area contributed by atoms with Crippen LogP contribution in [0.3, 0.4) is 0 Å². The predicted molar refractivity (Wildman–Crippen MR) is 207 cm³/mol. The third-order valence-corrected chi connectivity index (χ3v) is 7.24. The fourth-order valence-electron chi connectivity index (χ4n) is 4.59. The molecule has 318 valence electrons. The summed E-state index contributed by atoms with van der Waals surface area (Å²) in [6.45, 7) is 30.6. The van der Waals surface area contributed by atoms with Gasteiger partial charge >= 0.3 is 11.9 Å². The molecule has 1 fully saturated rings. The number of carbonyl (C=O) groups excluding carboxylic acids is 3. The maximum Gasteiger partial charge on any atom is 0.306 e. The molecule has 1 heterocycles. The summed E-state index contributed by atoms with van der Waals surface area (Å²) in [6.07, 6.45) is 9.66. The summed E-state index contributed by atoms with van der Waals surface area (Å²) in [5, 5.41) is 19.3. The van der Waals surface area contributed by atoms with E-state index in [2.05, 4.69) is 48.2 Å². The van der Waals surface area contributed by atoms with Gasteiger partial charge in [-0.15, -0.1) is 14.1 Å². The molecule has 2 aliphatic carbocycles. The number of carbonyl (C=O) groups is 4. The van der Waals surface area contributed by atoms with Crippen LogP contribution in [0, 0.1) is 31.6 Å². The van der Waals surface area contributed by atoms with E-state index in [-0.39, 0.29) is 153 Å². The molecule has 1 saturated carbocycles. The number of rotatable bonds is 9. The van der Waals surface area contributed by atoms with Crippen LogP contribution in [0.5, 0.6) is 0 Å². The van der Waals surface area contributed by atoms with Crippen molar-refractivity contribution in [3.63, 3.8) is 0 Å². The SMILES string of the molecule is CC.CC.CC.CC.COC(=O)CCC(=O)O.C[N-]C(=O)CC[C@H]1CC[C@@H](C)[C@H]1C.C[N-]C(=O)CCc1noc2c1CCCC2.[CH2-]C.[CH2-]C.[W].[W].[W].[Y].[Y]. The Morgan fingerprint density at radius 2 is 1.20 bits per heavy atom. The number of fused-ring (bicyclic) bond motifs is 1. The molecule has 1 N–H and O–H groups in total. The molecular weight excluding hydrogens is 1350 g/mol. The van der Waals surface area contributed by atoms with Gasteiger partial charge < -0.3 is 48.4 Å². The van der Waals surface area contributed by atoms with E-state index in [1.54, 1.807) is 20.9 Å². The van der Waals surface area contributed by atoms with E-state index in [1.807, 2.05) is 55.4 Å². The van der Waals surface area contributed by atoms with Crippen molar-refractivity contribution >= 4 is 23.8 Å². The Hall–Kier alpha value is 1.36. The molecule has 0 bridgehead atoms. The first-order valence-corrected chi connectivity index (χ1v) is 18.5. The van der Waals surface area contributed by atoms with Crippen LogP contribution in [-0.2, 0) is 172 Å². The molecule has 0 spiro atoms. The van der Waals surface area contributed by atoms with Crippen molar-refractivity contribution in [2.24, 2.45) is 17.8 Å². The van der Waals surface area contributed by atoms with E-state index in [0.29, 0.717) is 19.3 Å². The number of aryl methyl sites for hydroxylation is 2. The normalized spacial score (nSPS) is 14.2. The number of nitrogens with zero attached hydrogens (tertiary/aromatic N) is 3. The van der Waals surface area contributed by atoms with E-state index < -0.39 is 11.9 Å². The molecule has 54 heavy (non-hydrogen) atoms. The molecule has 2 amide bonds. The first-order chi connectivity index (χ1) is 23.6. The summed E-state index contributed by atoms with van der Waals surface area (Å²) in [5.41, 5.74) is 2.20. The van der Waals surface area contributed by atoms with Crippen molar-refractivity contribution in [3.05, 3.63) is 41.5 Å². The van der Waals surface area contributed by atoms with Crippen molar-refractivity contribution < 1.29 is 162 Å². The van der Waals surface area contributed by atoms with Gasteiger partial charge in [0, 0.05) is 141 Å². The summed E-state index contributed by atoms with van der Waals surface area (Å²) in [4.78, 5) is 42.1. The number of carboxylic acids is 1. The van der Waals surface area contributed by atoms with Crippen LogP contribution in [0.2, 0.25) is 0 Å². The van der Waals surface area contributed by atoms with Gasteiger partial charge in [-0.25, -0.2) is 0 Å². The first-order valence-electron chi connectivity index (χ1n) is 18.5. The van der Waals surface area contributed by atoms with Crippen molar-refractivity contribution in [2.45, 2.75) is 160 Å². The van der Waals surface area contributed by atoms with Crippen LogP contribution >= 0.6 is 0 Å². The Bertz CT molecular complexity index is 902. The van der Waals surface area contributed by atoms with Gasteiger partial charge in [0.25, 0.3) is 0 Å². The molecule has 2 aliphatic rings. The van der Waals surface area contributed by atoms with E-state index >= 15 is 0 Å². The summed E-state index contributed by atoms with van der Waals surface area (Å²) in [7, 11) is 4.34. The molecule has 10 nitrogen and oxygen atoms in total. The largest absolute Gasteiger partial charge is 0.656 e. The Balaban J connectivity index is -0.0000000488. The Labute approximate surface area is 426 Å². The summed E-state index contributed by atoms with van der Waals surface area (Å²) in [6, 6.07) is 0. The molecular formula is C39H77N3O7W3Y2-4. The number of aromatic nitrogens is 1. The fourth-order valence-corrected chi connectivity index (χ4v) is 4.59. The second-order valence-corrected chi connectivity index (χ2v) is 9.66. The van der Waals surface area contributed by atoms with Gasteiger partial charge in [0.1, 0.15) is 5.76 Å². The fraction of sp³-hybridized carbons (Fsp3) is 0.769.